The fraction of sp³-hybridized carbons (Fsp3) is 0.154. The first-order valence-corrected chi connectivity index (χ1v) is 8.46. The lowest BCUT2D eigenvalue weighted by Gasteiger charge is -2.08. The van der Waals surface area contributed by atoms with E-state index in [-0.39, 0.29) is 0 Å². The smallest absolute Gasteiger partial charge is 0.271 e. The minimum Gasteiger partial charge on any atom is -0.368 e. The fourth-order valence-corrected chi connectivity index (χ4v) is 3.99. The minimum absolute atomic E-state index is 0.305. The molecule has 3 rings (SSSR count). The van der Waals surface area contributed by atoms with Gasteiger partial charge in [0.2, 0.25) is 0 Å². The van der Waals surface area contributed by atoms with Gasteiger partial charge in [0.1, 0.15) is 10.0 Å². The molecule has 20 heavy (non-hydrogen) atoms. The van der Waals surface area contributed by atoms with Crippen molar-refractivity contribution in [2.24, 2.45) is 4.99 Å². The lowest BCUT2D eigenvalue weighted by Crippen LogP contribution is -2.19. The molecule has 1 aliphatic rings. The van der Waals surface area contributed by atoms with E-state index in [1.807, 2.05) is 12.1 Å². The molecule has 0 fully saturated rings. The van der Waals surface area contributed by atoms with E-state index >= 15 is 0 Å². The number of thiophene rings is 1. The molecule has 0 saturated carbocycles. The Bertz CT molecular complexity index is 737. The van der Waals surface area contributed by atoms with E-state index in [0.29, 0.717) is 9.90 Å². The van der Waals surface area contributed by atoms with Crippen molar-refractivity contribution >= 4 is 32.9 Å². The Morgan fingerprint density at radius 3 is 2.85 bits per heavy atom. The summed E-state index contributed by atoms with van der Waals surface area (Å²) in [6.45, 7) is 1.57. The lowest BCUT2D eigenvalue weighted by molar-refractivity contribution is 0.603. The number of amidine groups is 1. The van der Waals surface area contributed by atoms with Crippen LogP contribution in [0, 0.1) is 0 Å². The second-order valence-electron chi connectivity index (χ2n) is 4.28. The quantitative estimate of drug-likeness (QED) is 0.906. The third-order valence-electron chi connectivity index (χ3n) is 2.82. The molecule has 0 atom stereocenters. The maximum atomic E-state index is 12.1. The van der Waals surface area contributed by atoms with Gasteiger partial charge in [0.25, 0.3) is 10.0 Å². The summed E-state index contributed by atoms with van der Waals surface area (Å²) in [6, 6.07) is 10.5. The third-order valence-corrected chi connectivity index (χ3v) is 5.60. The number of nitrogens with zero attached hydrogens (tertiary/aromatic N) is 1. The third kappa shape index (κ3) is 2.68. The second kappa shape index (κ2) is 5.26. The van der Waals surface area contributed by atoms with E-state index in [4.69, 9.17) is 0 Å². The van der Waals surface area contributed by atoms with Crippen LogP contribution in [0.2, 0.25) is 0 Å². The molecule has 2 N–H and O–H groups in total. The van der Waals surface area contributed by atoms with Crippen LogP contribution in [-0.2, 0) is 10.0 Å². The van der Waals surface area contributed by atoms with Crippen molar-refractivity contribution in [2.75, 3.05) is 17.8 Å². The maximum absolute atomic E-state index is 12.1. The first-order valence-electron chi connectivity index (χ1n) is 6.10. The molecular weight excluding hydrogens is 294 g/mol. The maximum Gasteiger partial charge on any atom is 0.271 e. The van der Waals surface area contributed by atoms with Gasteiger partial charge >= 0.3 is 0 Å². The van der Waals surface area contributed by atoms with Crippen LogP contribution in [0.5, 0.6) is 0 Å². The van der Waals surface area contributed by atoms with Crippen molar-refractivity contribution in [1.82, 2.24) is 5.32 Å². The number of hydrogen-bond acceptors (Lipinski definition) is 5. The Labute approximate surface area is 121 Å². The zero-order valence-corrected chi connectivity index (χ0v) is 12.2. The van der Waals surface area contributed by atoms with E-state index in [2.05, 4.69) is 15.0 Å². The predicted molar refractivity (Wildman–Crippen MR) is 81.0 cm³/mol. The number of rotatable bonds is 4. The van der Waals surface area contributed by atoms with Gasteiger partial charge in [0.15, 0.2) is 0 Å². The van der Waals surface area contributed by atoms with Crippen LogP contribution in [-0.4, -0.2) is 27.3 Å². The summed E-state index contributed by atoms with van der Waals surface area (Å²) in [4.78, 5) is 4.32. The van der Waals surface area contributed by atoms with Crippen molar-refractivity contribution in [1.29, 1.82) is 0 Å². The van der Waals surface area contributed by atoms with Crippen LogP contribution < -0.4 is 10.0 Å². The molecule has 0 radical (unpaired) electrons. The van der Waals surface area contributed by atoms with Gasteiger partial charge in [-0.1, -0.05) is 18.2 Å². The van der Waals surface area contributed by atoms with Gasteiger partial charge in [-0.25, -0.2) is 8.42 Å². The van der Waals surface area contributed by atoms with Crippen molar-refractivity contribution in [3.05, 3.63) is 47.3 Å². The van der Waals surface area contributed by atoms with Crippen LogP contribution >= 0.6 is 11.3 Å². The van der Waals surface area contributed by atoms with Crippen LogP contribution in [0.15, 0.2) is 51.0 Å². The number of benzene rings is 1. The Morgan fingerprint density at radius 2 is 2.15 bits per heavy atom. The highest BCUT2D eigenvalue weighted by atomic mass is 32.2. The molecule has 7 heteroatoms. The van der Waals surface area contributed by atoms with Crippen LogP contribution in [0.3, 0.4) is 0 Å². The largest absolute Gasteiger partial charge is 0.368 e. The Kier molecular flexibility index (Phi) is 3.45. The monoisotopic (exact) mass is 307 g/mol. The number of sulfonamides is 1. The van der Waals surface area contributed by atoms with Gasteiger partial charge in [0.05, 0.1) is 6.54 Å². The molecule has 0 unspecified atom stereocenters. The topological polar surface area (TPSA) is 70.6 Å². The summed E-state index contributed by atoms with van der Waals surface area (Å²) in [5, 5.41) is 4.90. The highest BCUT2D eigenvalue weighted by molar-refractivity contribution is 7.94. The molecule has 0 bridgehead atoms. The summed E-state index contributed by atoms with van der Waals surface area (Å²) in [5.74, 6) is 0.808. The van der Waals surface area contributed by atoms with E-state index in [0.717, 1.165) is 24.5 Å². The molecule has 1 aromatic carbocycles. The minimum atomic E-state index is -3.50. The van der Waals surface area contributed by atoms with E-state index in [1.165, 1.54) is 11.3 Å². The van der Waals surface area contributed by atoms with Gasteiger partial charge in [-0.3, -0.25) is 9.71 Å². The van der Waals surface area contributed by atoms with Crippen LogP contribution in [0.4, 0.5) is 5.69 Å². The first kappa shape index (κ1) is 13.1. The number of aliphatic imine (C=N–C) groups is 1. The summed E-state index contributed by atoms with van der Waals surface area (Å²) < 4.78 is 27.2. The van der Waals surface area contributed by atoms with Crippen molar-refractivity contribution in [2.45, 2.75) is 4.21 Å². The first-order chi connectivity index (χ1) is 9.65. The lowest BCUT2D eigenvalue weighted by atomic mass is 10.2. The van der Waals surface area contributed by atoms with Gasteiger partial charge in [-0.05, 0) is 23.6 Å². The molecule has 0 amide bonds. The summed E-state index contributed by atoms with van der Waals surface area (Å²) in [7, 11) is -3.50. The standard InChI is InChI=1S/C13H13N3O2S2/c17-20(18,12-5-2-8-19-12)16-11-4-1-3-10(9-11)13-14-6-7-15-13/h1-5,8-9,16H,6-7H2,(H,14,15). The van der Waals surface area contributed by atoms with E-state index < -0.39 is 10.0 Å². The predicted octanol–water partition coefficient (Wildman–Crippen LogP) is 1.90. The summed E-state index contributed by atoms with van der Waals surface area (Å²) in [6.07, 6.45) is 0. The SMILES string of the molecule is O=S(=O)(Nc1cccc(C2=NCCN2)c1)c1cccs1. The second-order valence-corrected chi connectivity index (χ2v) is 7.13. The summed E-state index contributed by atoms with van der Waals surface area (Å²) in [5.41, 5.74) is 1.42. The molecule has 2 aromatic rings. The molecule has 1 aliphatic heterocycles. The fourth-order valence-electron chi connectivity index (χ4n) is 1.94. The van der Waals surface area contributed by atoms with Crippen molar-refractivity contribution < 1.29 is 8.42 Å². The van der Waals surface area contributed by atoms with Crippen molar-refractivity contribution in [3.63, 3.8) is 0 Å². The molecular formula is C13H13N3O2S2. The van der Waals surface area contributed by atoms with Crippen molar-refractivity contribution in [3.8, 4) is 0 Å². The molecule has 0 aliphatic carbocycles. The molecule has 0 saturated heterocycles. The number of nitrogens with one attached hydrogen (secondary N) is 2. The Hall–Kier alpha value is -1.86. The Morgan fingerprint density at radius 1 is 1.25 bits per heavy atom. The van der Waals surface area contributed by atoms with E-state index in [1.54, 1.807) is 29.6 Å². The van der Waals surface area contributed by atoms with E-state index in [9.17, 15) is 8.42 Å². The Balaban J connectivity index is 1.86. The van der Waals surface area contributed by atoms with Gasteiger partial charge < -0.3 is 5.32 Å². The van der Waals surface area contributed by atoms with Crippen LogP contribution in [0.25, 0.3) is 0 Å². The number of anilines is 1. The molecule has 2 heterocycles. The number of hydrogen-bond donors (Lipinski definition) is 2. The zero-order valence-electron chi connectivity index (χ0n) is 10.5. The average molecular weight is 307 g/mol. The summed E-state index contributed by atoms with van der Waals surface area (Å²) >= 11 is 1.19. The molecule has 104 valence electrons. The van der Waals surface area contributed by atoms with Crippen LogP contribution in [0.1, 0.15) is 5.56 Å². The molecule has 1 aromatic heterocycles. The molecule has 5 nitrogen and oxygen atoms in total. The van der Waals surface area contributed by atoms with Gasteiger partial charge in [-0.2, -0.15) is 0 Å². The molecule has 0 spiro atoms. The zero-order chi connectivity index (χ0) is 14.0. The van der Waals surface area contributed by atoms with Gasteiger partial charge in [0, 0.05) is 17.8 Å². The normalized spacial score (nSPS) is 14.7. The highest BCUT2D eigenvalue weighted by Gasteiger charge is 2.16. The average Bonchev–Trinajstić information content (AvgIpc) is 3.12. The highest BCUT2D eigenvalue weighted by Crippen LogP contribution is 2.21. The van der Waals surface area contributed by atoms with Gasteiger partial charge in [-0.15, -0.1) is 11.3 Å².